The van der Waals surface area contributed by atoms with Crippen molar-refractivity contribution in [2.75, 3.05) is 25.1 Å². The van der Waals surface area contributed by atoms with E-state index in [1.165, 1.54) is 13.2 Å². The summed E-state index contributed by atoms with van der Waals surface area (Å²) in [6.45, 7) is 1.12. The van der Waals surface area contributed by atoms with E-state index in [2.05, 4.69) is 4.74 Å². The van der Waals surface area contributed by atoms with E-state index < -0.39 is 11.8 Å². The number of hydrogen-bond acceptors (Lipinski definition) is 4. The molecule has 0 radical (unpaired) electrons. The Bertz CT molecular complexity index is 477. The van der Waals surface area contributed by atoms with Crippen LogP contribution in [0.5, 0.6) is 0 Å². The first kappa shape index (κ1) is 12.5. The highest BCUT2D eigenvalue weighted by Gasteiger charge is 2.18. The fourth-order valence-corrected chi connectivity index (χ4v) is 2.01. The Morgan fingerprint density at radius 1 is 1.28 bits per heavy atom. The SMILES string of the molecule is COC(=O)c1cc(F)cc(N2CCC(=O)CC2)c1. The van der Waals surface area contributed by atoms with E-state index in [1.807, 2.05) is 4.90 Å². The van der Waals surface area contributed by atoms with Gasteiger partial charge in [0, 0.05) is 31.6 Å². The first-order chi connectivity index (χ1) is 8.60. The molecule has 2 rings (SSSR count). The van der Waals surface area contributed by atoms with Gasteiger partial charge in [0.2, 0.25) is 0 Å². The summed E-state index contributed by atoms with van der Waals surface area (Å²) in [5, 5.41) is 0. The molecule has 0 amide bonds. The molecule has 1 heterocycles. The van der Waals surface area contributed by atoms with Crippen LogP contribution in [0.15, 0.2) is 18.2 Å². The van der Waals surface area contributed by atoms with Crippen LogP contribution in [0, 0.1) is 5.82 Å². The number of ether oxygens (including phenoxy) is 1. The number of Topliss-reactive ketones (excluding diaryl/α,β-unsaturated/α-hetero) is 1. The molecule has 4 nitrogen and oxygen atoms in total. The van der Waals surface area contributed by atoms with E-state index >= 15 is 0 Å². The van der Waals surface area contributed by atoms with Crippen molar-refractivity contribution in [2.24, 2.45) is 0 Å². The van der Waals surface area contributed by atoms with Gasteiger partial charge in [-0.1, -0.05) is 0 Å². The minimum absolute atomic E-state index is 0.185. The standard InChI is InChI=1S/C13H14FNO3/c1-18-13(17)9-6-10(14)8-11(7-9)15-4-2-12(16)3-5-15/h6-8H,2-5H2,1H3. The van der Waals surface area contributed by atoms with Crippen molar-refractivity contribution in [3.8, 4) is 0 Å². The smallest absolute Gasteiger partial charge is 0.338 e. The third-order valence-corrected chi connectivity index (χ3v) is 2.99. The number of halogens is 1. The summed E-state index contributed by atoms with van der Waals surface area (Å²) in [4.78, 5) is 24.4. The second-order valence-electron chi connectivity index (χ2n) is 4.22. The monoisotopic (exact) mass is 251 g/mol. The number of carbonyl (C=O) groups excluding carboxylic acids is 2. The minimum atomic E-state index is -0.566. The van der Waals surface area contributed by atoms with Crippen LogP contribution in [0.4, 0.5) is 10.1 Å². The van der Waals surface area contributed by atoms with Crippen LogP contribution in [0.1, 0.15) is 23.2 Å². The molecule has 0 atom stereocenters. The lowest BCUT2D eigenvalue weighted by atomic mass is 10.1. The van der Waals surface area contributed by atoms with Gasteiger partial charge in [0.15, 0.2) is 0 Å². The first-order valence-corrected chi connectivity index (χ1v) is 5.75. The van der Waals surface area contributed by atoms with E-state index in [0.717, 1.165) is 6.07 Å². The predicted octanol–water partition coefficient (Wildman–Crippen LogP) is 1.78. The van der Waals surface area contributed by atoms with Gasteiger partial charge in [0.25, 0.3) is 0 Å². The van der Waals surface area contributed by atoms with E-state index in [0.29, 0.717) is 31.6 Å². The lowest BCUT2D eigenvalue weighted by Crippen LogP contribution is -2.33. The van der Waals surface area contributed by atoms with Crippen molar-refractivity contribution in [1.82, 2.24) is 0 Å². The van der Waals surface area contributed by atoms with Crippen molar-refractivity contribution in [3.05, 3.63) is 29.6 Å². The number of hydrogen-bond donors (Lipinski definition) is 0. The minimum Gasteiger partial charge on any atom is -0.465 e. The summed E-state index contributed by atoms with van der Waals surface area (Å²) in [5.74, 6) is -0.829. The second-order valence-corrected chi connectivity index (χ2v) is 4.22. The number of esters is 1. The Morgan fingerprint density at radius 3 is 2.56 bits per heavy atom. The number of nitrogens with zero attached hydrogens (tertiary/aromatic N) is 1. The van der Waals surface area contributed by atoms with Crippen LogP contribution in [-0.2, 0) is 9.53 Å². The molecule has 0 aromatic heterocycles. The molecule has 96 valence electrons. The molecule has 18 heavy (non-hydrogen) atoms. The Morgan fingerprint density at radius 2 is 1.94 bits per heavy atom. The lowest BCUT2D eigenvalue weighted by molar-refractivity contribution is -0.119. The average Bonchev–Trinajstić information content (AvgIpc) is 2.38. The summed E-state index contributed by atoms with van der Waals surface area (Å²) in [5.41, 5.74) is 0.798. The van der Waals surface area contributed by atoms with Crippen LogP contribution >= 0.6 is 0 Å². The quantitative estimate of drug-likeness (QED) is 0.752. The summed E-state index contributed by atoms with van der Waals surface area (Å²) < 4.78 is 18.0. The third-order valence-electron chi connectivity index (χ3n) is 2.99. The van der Waals surface area contributed by atoms with E-state index in [1.54, 1.807) is 6.07 Å². The van der Waals surface area contributed by atoms with Gasteiger partial charge in [-0.15, -0.1) is 0 Å². The zero-order valence-corrected chi connectivity index (χ0v) is 10.1. The van der Waals surface area contributed by atoms with Crippen molar-refractivity contribution < 1.29 is 18.7 Å². The highest BCUT2D eigenvalue weighted by molar-refractivity contribution is 5.90. The number of benzene rings is 1. The van der Waals surface area contributed by atoms with Gasteiger partial charge in [0.05, 0.1) is 12.7 Å². The maximum Gasteiger partial charge on any atom is 0.338 e. The second kappa shape index (κ2) is 5.16. The lowest BCUT2D eigenvalue weighted by Gasteiger charge is -2.28. The van der Waals surface area contributed by atoms with Gasteiger partial charge in [0.1, 0.15) is 11.6 Å². The summed E-state index contributed by atoms with van der Waals surface area (Å²) in [6.07, 6.45) is 0.925. The average molecular weight is 251 g/mol. The van der Waals surface area contributed by atoms with Gasteiger partial charge >= 0.3 is 5.97 Å². The highest BCUT2D eigenvalue weighted by Crippen LogP contribution is 2.22. The van der Waals surface area contributed by atoms with Crippen LogP contribution in [0.3, 0.4) is 0 Å². The third kappa shape index (κ3) is 2.67. The fraction of sp³-hybridized carbons (Fsp3) is 0.385. The number of carbonyl (C=O) groups is 2. The van der Waals surface area contributed by atoms with E-state index in [4.69, 9.17) is 0 Å². The molecule has 0 bridgehead atoms. The number of anilines is 1. The van der Waals surface area contributed by atoms with Crippen molar-refractivity contribution in [2.45, 2.75) is 12.8 Å². The topological polar surface area (TPSA) is 46.6 Å². The van der Waals surface area contributed by atoms with Gasteiger partial charge in [-0.05, 0) is 18.2 Å². The van der Waals surface area contributed by atoms with Crippen LogP contribution < -0.4 is 4.90 Å². The summed E-state index contributed by atoms with van der Waals surface area (Å²) in [7, 11) is 1.26. The van der Waals surface area contributed by atoms with Gasteiger partial charge in [-0.25, -0.2) is 9.18 Å². The zero-order chi connectivity index (χ0) is 13.1. The molecule has 0 spiro atoms. The van der Waals surface area contributed by atoms with Crippen molar-refractivity contribution in [1.29, 1.82) is 0 Å². The fourth-order valence-electron chi connectivity index (χ4n) is 2.01. The predicted molar refractivity (Wildman–Crippen MR) is 64.2 cm³/mol. The molecule has 1 saturated heterocycles. The van der Waals surface area contributed by atoms with Gasteiger partial charge in [-0.2, -0.15) is 0 Å². The van der Waals surface area contributed by atoms with E-state index in [-0.39, 0.29) is 11.3 Å². The maximum absolute atomic E-state index is 13.5. The molecule has 1 aromatic carbocycles. The number of rotatable bonds is 2. The maximum atomic E-state index is 13.5. The molecule has 0 aliphatic carbocycles. The largest absolute Gasteiger partial charge is 0.465 e. The van der Waals surface area contributed by atoms with Gasteiger partial charge in [-0.3, -0.25) is 4.79 Å². The molecule has 1 aliphatic heterocycles. The normalized spacial score (nSPS) is 15.7. The molecular weight excluding hydrogens is 237 g/mol. The Kier molecular flexibility index (Phi) is 3.60. The summed E-state index contributed by atoms with van der Waals surface area (Å²) in [6, 6.07) is 4.09. The summed E-state index contributed by atoms with van der Waals surface area (Å²) >= 11 is 0. The number of ketones is 1. The molecular formula is C13H14FNO3. The molecule has 0 saturated carbocycles. The van der Waals surface area contributed by atoms with Crippen LogP contribution in [0.25, 0.3) is 0 Å². The molecule has 5 heteroatoms. The molecule has 1 aromatic rings. The molecule has 0 unspecified atom stereocenters. The van der Waals surface area contributed by atoms with Crippen molar-refractivity contribution in [3.63, 3.8) is 0 Å². The molecule has 1 aliphatic rings. The molecule has 1 fully saturated rings. The Hall–Kier alpha value is -1.91. The Labute approximate surface area is 104 Å². The Balaban J connectivity index is 2.25. The van der Waals surface area contributed by atoms with E-state index in [9.17, 15) is 14.0 Å². The van der Waals surface area contributed by atoms with Crippen molar-refractivity contribution >= 4 is 17.4 Å². The zero-order valence-electron chi connectivity index (χ0n) is 10.1. The first-order valence-electron chi connectivity index (χ1n) is 5.75. The molecule has 0 N–H and O–H groups in total. The number of piperidine rings is 1. The van der Waals surface area contributed by atoms with Gasteiger partial charge < -0.3 is 9.64 Å². The highest BCUT2D eigenvalue weighted by atomic mass is 19.1. The van der Waals surface area contributed by atoms with Crippen LogP contribution in [-0.4, -0.2) is 32.0 Å². The van der Waals surface area contributed by atoms with Crippen LogP contribution in [0.2, 0.25) is 0 Å². The number of methoxy groups -OCH3 is 1.